The van der Waals surface area contributed by atoms with E-state index < -0.39 is 0 Å². The van der Waals surface area contributed by atoms with Crippen molar-refractivity contribution >= 4 is 0 Å². The normalized spacial score (nSPS) is 19.2. The van der Waals surface area contributed by atoms with Crippen molar-refractivity contribution in [1.82, 2.24) is 24.6 Å². The molecule has 0 aromatic carbocycles. The van der Waals surface area contributed by atoms with Gasteiger partial charge in [-0.3, -0.25) is 14.7 Å². The summed E-state index contributed by atoms with van der Waals surface area (Å²) < 4.78 is 7.53. The summed E-state index contributed by atoms with van der Waals surface area (Å²) >= 11 is 0. The van der Waals surface area contributed by atoms with Crippen LogP contribution < -0.4 is 5.56 Å². The fourth-order valence-corrected chi connectivity index (χ4v) is 4.24. The highest BCUT2D eigenvalue weighted by atomic mass is 16.4. The number of fused-ring (bicyclic) bond motifs is 1. The maximum absolute atomic E-state index is 12.4. The lowest BCUT2D eigenvalue weighted by atomic mass is 10.2. The third-order valence-corrected chi connectivity index (χ3v) is 5.68. The second-order valence-corrected chi connectivity index (χ2v) is 7.58. The van der Waals surface area contributed by atoms with E-state index in [9.17, 15) is 4.79 Å². The van der Waals surface area contributed by atoms with Gasteiger partial charge >= 0.3 is 0 Å². The van der Waals surface area contributed by atoms with Gasteiger partial charge in [0.2, 0.25) is 5.89 Å². The minimum Gasteiger partial charge on any atom is -0.444 e. The first kappa shape index (κ1) is 17.3. The molecule has 0 N–H and O–H groups in total. The summed E-state index contributed by atoms with van der Waals surface area (Å²) in [6.07, 6.45) is 8.84. The van der Waals surface area contributed by atoms with Gasteiger partial charge in [0.05, 0.1) is 24.5 Å². The SMILES string of the molecule is O=c1ccc(-c2cccnc2)nn1CC1CCCN1Cc1nc2c(o1)CCC2. The predicted octanol–water partition coefficient (Wildman–Crippen LogP) is 2.45. The first-order valence-corrected chi connectivity index (χ1v) is 9.96. The van der Waals surface area contributed by atoms with Crippen LogP contribution in [0.3, 0.4) is 0 Å². The average Bonchev–Trinajstić information content (AvgIpc) is 3.42. The molecule has 7 nitrogen and oxygen atoms in total. The van der Waals surface area contributed by atoms with Crippen LogP contribution in [0.4, 0.5) is 0 Å². The lowest BCUT2D eigenvalue weighted by Gasteiger charge is -2.23. The number of aromatic nitrogens is 4. The lowest BCUT2D eigenvalue weighted by molar-refractivity contribution is 0.196. The first-order valence-electron chi connectivity index (χ1n) is 9.96. The Balaban J connectivity index is 1.34. The Morgan fingerprint density at radius 3 is 3.00 bits per heavy atom. The van der Waals surface area contributed by atoms with Gasteiger partial charge in [0, 0.05) is 36.5 Å². The van der Waals surface area contributed by atoms with Crippen LogP contribution in [-0.2, 0) is 25.9 Å². The summed E-state index contributed by atoms with van der Waals surface area (Å²) in [6, 6.07) is 7.44. The molecular weight excluding hydrogens is 354 g/mol. The molecule has 1 atom stereocenters. The van der Waals surface area contributed by atoms with Crippen LogP contribution in [0.5, 0.6) is 0 Å². The molecule has 0 bridgehead atoms. The summed E-state index contributed by atoms with van der Waals surface area (Å²) in [6.45, 7) is 2.27. The van der Waals surface area contributed by atoms with E-state index in [4.69, 9.17) is 4.42 Å². The van der Waals surface area contributed by atoms with Gasteiger partial charge in [-0.25, -0.2) is 9.67 Å². The number of hydrogen-bond acceptors (Lipinski definition) is 6. The number of likely N-dealkylation sites (tertiary alicyclic amines) is 1. The smallest absolute Gasteiger partial charge is 0.266 e. The van der Waals surface area contributed by atoms with Crippen LogP contribution in [0.1, 0.15) is 36.6 Å². The van der Waals surface area contributed by atoms with Crippen molar-refractivity contribution in [2.75, 3.05) is 6.54 Å². The van der Waals surface area contributed by atoms with Crippen molar-refractivity contribution in [3.05, 3.63) is 64.4 Å². The van der Waals surface area contributed by atoms with Gasteiger partial charge in [-0.15, -0.1) is 0 Å². The lowest BCUT2D eigenvalue weighted by Crippen LogP contribution is -2.36. The Morgan fingerprint density at radius 2 is 2.14 bits per heavy atom. The molecule has 0 amide bonds. The Bertz CT molecular complexity index is 1010. The number of aryl methyl sites for hydroxylation is 2. The summed E-state index contributed by atoms with van der Waals surface area (Å²) in [5.74, 6) is 1.87. The molecule has 28 heavy (non-hydrogen) atoms. The number of rotatable bonds is 5. The van der Waals surface area contributed by atoms with Crippen LogP contribution in [0, 0.1) is 0 Å². The molecule has 1 aliphatic heterocycles. The maximum atomic E-state index is 12.4. The third-order valence-electron chi connectivity index (χ3n) is 5.68. The second kappa shape index (κ2) is 7.31. The molecule has 3 aromatic rings. The molecule has 2 aliphatic rings. The molecule has 0 radical (unpaired) electrons. The summed E-state index contributed by atoms with van der Waals surface area (Å²) in [7, 11) is 0. The molecule has 1 unspecified atom stereocenters. The minimum absolute atomic E-state index is 0.0745. The predicted molar refractivity (Wildman–Crippen MR) is 104 cm³/mol. The van der Waals surface area contributed by atoms with E-state index in [0.29, 0.717) is 13.1 Å². The highest BCUT2D eigenvalue weighted by molar-refractivity contribution is 5.56. The first-order chi connectivity index (χ1) is 13.8. The van der Waals surface area contributed by atoms with Gasteiger partial charge in [-0.1, -0.05) is 0 Å². The van der Waals surface area contributed by atoms with Crippen LogP contribution in [0.25, 0.3) is 11.3 Å². The molecule has 4 heterocycles. The zero-order chi connectivity index (χ0) is 18.9. The fourth-order valence-electron chi connectivity index (χ4n) is 4.24. The molecule has 1 saturated heterocycles. The van der Waals surface area contributed by atoms with E-state index in [1.807, 2.05) is 12.1 Å². The number of pyridine rings is 1. The highest BCUT2D eigenvalue weighted by Crippen LogP contribution is 2.26. The van der Waals surface area contributed by atoms with Crippen molar-refractivity contribution in [1.29, 1.82) is 0 Å². The Kier molecular flexibility index (Phi) is 4.52. The van der Waals surface area contributed by atoms with Crippen molar-refractivity contribution in [3.8, 4) is 11.3 Å². The van der Waals surface area contributed by atoms with Crippen molar-refractivity contribution < 1.29 is 4.42 Å². The molecular formula is C21H23N5O2. The third kappa shape index (κ3) is 3.38. The molecule has 3 aromatic heterocycles. The monoisotopic (exact) mass is 377 g/mol. The van der Waals surface area contributed by atoms with Gasteiger partial charge < -0.3 is 4.42 Å². The van der Waals surface area contributed by atoms with Gasteiger partial charge in [-0.05, 0) is 50.4 Å². The molecule has 144 valence electrons. The van der Waals surface area contributed by atoms with E-state index in [1.54, 1.807) is 29.2 Å². The summed E-state index contributed by atoms with van der Waals surface area (Å²) in [5.41, 5.74) is 2.73. The van der Waals surface area contributed by atoms with Crippen molar-refractivity contribution in [2.24, 2.45) is 0 Å². The van der Waals surface area contributed by atoms with Crippen molar-refractivity contribution in [2.45, 2.75) is 51.2 Å². The summed E-state index contributed by atoms with van der Waals surface area (Å²) in [4.78, 5) is 23.6. The van der Waals surface area contributed by atoms with Gasteiger partial charge in [0.1, 0.15) is 5.76 Å². The Hall–Kier alpha value is -2.80. The molecule has 5 rings (SSSR count). The van der Waals surface area contributed by atoms with Crippen LogP contribution in [-0.4, -0.2) is 37.2 Å². The molecule has 0 saturated carbocycles. The zero-order valence-corrected chi connectivity index (χ0v) is 15.8. The maximum Gasteiger partial charge on any atom is 0.266 e. The topological polar surface area (TPSA) is 77.1 Å². The van der Waals surface area contributed by atoms with E-state index in [2.05, 4.69) is 20.0 Å². The number of hydrogen-bond donors (Lipinski definition) is 0. The quantitative estimate of drug-likeness (QED) is 0.680. The van der Waals surface area contributed by atoms with Crippen LogP contribution in [0.2, 0.25) is 0 Å². The molecule has 7 heteroatoms. The van der Waals surface area contributed by atoms with E-state index in [-0.39, 0.29) is 11.6 Å². The zero-order valence-electron chi connectivity index (χ0n) is 15.8. The standard InChI is InChI=1S/C21H23N5O2/c27-21-9-8-17(15-4-2-10-22-12-15)24-26(21)13-16-5-3-11-25(16)14-20-23-18-6-1-7-19(18)28-20/h2,4,8-10,12,16H,1,3,5-7,11,13-14H2. The van der Waals surface area contributed by atoms with E-state index in [1.165, 1.54) is 0 Å². The van der Waals surface area contributed by atoms with E-state index >= 15 is 0 Å². The minimum atomic E-state index is -0.0745. The number of oxazole rings is 1. The Morgan fingerprint density at radius 1 is 1.18 bits per heavy atom. The van der Waals surface area contributed by atoms with Crippen LogP contribution in [0.15, 0.2) is 45.9 Å². The second-order valence-electron chi connectivity index (χ2n) is 7.58. The Labute approximate surface area is 163 Å². The molecule has 0 spiro atoms. The van der Waals surface area contributed by atoms with Gasteiger partial charge in [0.25, 0.3) is 5.56 Å². The fraction of sp³-hybridized carbons (Fsp3) is 0.429. The highest BCUT2D eigenvalue weighted by Gasteiger charge is 2.28. The molecule has 1 fully saturated rings. The van der Waals surface area contributed by atoms with E-state index in [0.717, 1.165) is 67.3 Å². The summed E-state index contributed by atoms with van der Waals surface area (Å²) in [5, 5.41) is 4.59. The largest absolute Gasteiger partial charge is 0.444 e. The van der Waals surface area contributed by atoms with Gasteiger partial charge in [0.15, 0.2) is 0 Å². The molecule has 1 aliphatic carbocycles. The van der Waals surface area contributed by atoms with Crippen LogP contribution >= 0.6 is 0 Å². The average molecular weight is 377 g/mol. The van der Waals surface area contributed by atoms with Crippen molar-refractivity contribution in [3.63, 3.8) is 0 Å². The van der Waals surface area contributed by atoms with Gasteiger partial charge in [-0.2, -0.15) is 5.10 Å². The number of nitrogens with zero attached hydrogens (tertiary/aromatic N) is 5.